The highest BCUT2D eigenvalue weighted by molar-refractivity contribution is 7.12. The summed E-state index contributed by atoms with van der Waals surface area (Å²) in [6.07, 6.45) is 3.78. The van der Waals surface area contributed by atoms with Crippen molar-refractivity contribution in [3.63, 3.8) is 0 Å². The first kappa shape index (κ1) is 4.93. The summed E-state index contributed by atoms with van der Waals surface area (Å²) in [4.78, 5) is 1.01. The molecule has 3 nitrogen and oxygen atoms in total. The zero-order chi connectivity index (χ0) is 6.27. The van der Waals surface area contributed by atoms with Gasteiger partial charge in [0.2, 0.25) is 0 Å². The van der Waals surface area contributed by atoms with Crippen molar-refractivity contribution in [3.05, 3.63) is 12.4 Å². The lowest BCUT2D eigenvalue weighted by Crippen LogP contribution is -1.84. The smallest absolute Gasteiger partial charge is 0.165 e. The first-order valence-corrected chi connectivity index (χ1v) is 3.37. The van der Waals surface area contributed by atoms with Crippen molar-refractivity contribution in [2.45, 2.75) is 0 Å². The molecule has 0 saturated heterocycles. The minimum absolute atomic E-state index is 1.01. The van der Waals surface area contributed by atoms with E-state index in [4.69, 9.17) is 0 Å². The van der Waals surface area contributed by atoms with Gasteiger partial charge in [0.25, 0.3) is 0 Å². The average molecular weight is 139 g/mol. The summed E-state index contributed by atoms with van der Waals surface area (Å²) < 4.78 is 5.76. The molecule has 0 saturated carbocycles. The van der Waals surface area contributed by atoms with Crippen molar-refractivity contribution in [1.29, 1.82) is 0 Å². The second-order valence-electron chi connectivity index (χ2n) is 1.89. The topological polar surface area (TPSA) is 30.7 Å². The Balaban J connectivity index is 2.92. The van der Waals surface area contributed by atoms with Crippen LogP contribution in [0.5, 0.6) is 0 Å². The molecule has 0 aliphatic heterocycles. The van der Waals surface area contributed by atoms with Gasteiger partial charge in [-0.3, -0.25) is 4.68 Å². The Labute approximate surface area is 56.1 Å². The van der Waals surface area contributed by atoms with Crippen LogP contribution in [0.15, 0.2) is 12.4 Å². The molecule has 0 amide bonds. The summed E-state index contributed by atoms with van der Waals surface area (Å²) in [5.74, 6) is 0. The van der Waals surface area contributed by atoms with Crippen LogP contribution in [-0.4, -0.2) is 14.2 Å². The molecular weight excluding hydrogens is 134 g/mol. The quantitative estimate of drug-likeness (QED) is 0.545. The average Bonchev–Trinajstić information content (AvgIpc) is 2.22. The van der Waals surface area contributed by atoms with Gasteiger partial charge in [0.1, 0.15) is 0 Å². The fourth-order valence-electron chi connectivity index (χ4n) is 0.779. The summed E-state index contributed by atoms with van der Waals surface area (Å²) in [5, 5.41) is 5.27. The van der Waals surface area contributed by atoms with E-state index in [2.05, 4.69) is 9.47 Å². The Bertz CT molecular complexity index is 293. The predicted molar refractivity (Wildman–Crippen MR) is 36.4 cm³/mol. The van der Waals surface area contributed by atoms with Crippen LogP contribution in [-0.2, 0) is 7.05 Å². The molecule has 0 N–H and O–H groups in total. The summed E-state index contributed by atoms with van der Waals surface area (Å²) in [6.45, 7) is 0. The van der Waals surface area contributed by atoms with E-state index in [1.807, 2.05) is 19.4 Å². The summed E-state index contributed by atoms with van der Waals surface area (Å²) >= 11 is 1.43. The summed E-state index contributed by atoms with van der Waals surface area (Å²) in [5.41, 5.74) is 0. The van der Waals surface area contributed by atoms with Crippen LogP contribution in [0.25, 0.3) is 10.2 Å². The van der Waals surface area contributed by atoms with E-state index in [-0.39, 0.29) is 0 Å². The highest BCUT2D eigenvalue weighted by Gasteiger charge is 1.97. The van der Waals surface area contributed by atoms with E-state index in [0.29, 0.717) is 0 Å². The molecule has 0 aliphatic rings. The Morgan fingerprint density at radius 3 is 3.33 bits per heavy atom. The second kappa shape index (κ2) is 1.54. The summed E-state index contributed by atoms with van der Waals surface area (Å²) in [7, 11) is 1.91. The van der Waals surface area contributed by atoms with E-state index in [9.17, 15) is 0 Å². The van der Waals surface area contributed by atoms with Gasteiger partial charge in [-0.15, -0.1) is 0 Å². The molecule has 9 heavy (non-hydrogen) atoms. The molecule has 0 spiro atoms. The maximum Gasteiger partial charge on any atom is 0.165 e. The fourth-order valence-corrected chi connectivity index (χ4v) is 1.42. The van der Waals surface area contributed by atoms with E-state index < -0.39 is 0 Å². The lowest BCUT2D eigenvalue weighted by atomic mass is 10.5. The van der Waals surface area contributed by atoms with E-state index >= 15 is 0 Å². The van der Waals surface area contributed by atoms with Crippen LogP contribution in [0.1, 0.15) is 0 Å². The van der Waals surface area contributed by atoms with Crippen LogP contribution in [0, 0.1) is 0 Å². The van der Waals surface area contributed by atoms with Gasteiger partial charge in [-0.05, 0) is 11.5 Å². The van der Waals surface area contributed by atoms with Crippen LogP contribution >= 0.6 is 11.5 Å². The maximum absolute atomic E-state index is 4.15. The third kappa shape index (κ3) is 0.632. The molecule has 0 aliphatic carbocycles. The normalized spacial score (nSPS) is 10.8. The third-order valence-corrected chi connectivity index (χ3v) is 1.85. The molecule has 0 atom stereocenters. The van der Waals surface area contributed by atoms with Crippen LogP contribution in [0.4, 0.5) is 0 Å². The number of hydrogen-bond donors (Lipinski definition) is 0. The van der Waals surface area contributed by atoms with Gasteiger partial charge in [0.15, 0.2) is 4.83 Å². The van der Waals surface area contributed by atoms with Crippen LogP contribution in [0.2, 0.25) is 0 Å². The number of hydrogen-bond acceptors (Lipinski definition) is 3. The van der Waals surface area contributed by atoms with E-state index in [1.54, 1.807) is 4.68 Å². The monoisotopic (exact) mass is 139 g/mol. The predicted octanol–water partition coefficient (Wildman–Crippen LogP) is 1.03. The van der Waals surface area contributed by atoms with Gasteiger partial charge in [0, 0.05) is 13.2 Å². The van der Waals surface area contributed by atoms with Crippen molar-refractivity contribution in [2.75, 3.05) is 0 Å². The molecular formula is C5H5N3S. The van der Waals surface area contributed by atoms with Crippen LogP contribution < -0.4 is 0 Å². The molecule has 0 fully saturated rings. The number of rotatable bonds is 0. The minimum atomic E-state index is 1.01. The molecule has 46 valence electrons. The highest BCUT2D eigenvalue weighted by atomic mass is 32.1. The molecule has 2 aromatic heterocycles. The Morgan fingerprint density at radius 1 is 1.67 bits per heavy atom. The Hall–Kier alpha value is -0.900. The molecule has 0 unspecified atom stereocenters. The zero-order valence-electron chi connectivity index (χ0n) is 4.90. The number of aryl methyl sites for hydroxylation is 1. The van der Waals surface area contributed by atoms with Crippen molar-refractivity contribution in [3.8, 4) is 0 Å². The first-order chi connectivity index (χ1) is 4.36. The largest absolute Gasteiger partial charge is 0.274 e. The number of aromatic nitrogens is 3. The van der Waals surface area contributed by atoms with Crippen molar-refractivity contribution in [1.82, 2.24) is 14.2 Å². The van der Waals surface area contributed by atoms with Gasteiger partial charge >= 0.3 is 0 Å². The molecule has 0 aromatic carbocycles. The molecule has 0 radical (unpaired) electrons. The van der Waals surface area contributed by atoms with Gasteiger partial charge in [0.05, 0.1) is 11.6 Å². The standard InChI is InChI=1S/C5H5N3S/c1-8-3-4-2-6-9-5(4)7-8/h2-3H,1H3. The van der Waals surface area contributed by atoms with E-state index in [0.717, 1.165) is 10.2 Å². The zero-order valence-corrected chi connectivity index (χ0v) is 5.72. The van der Waals surface area contributed by atoms with Gasteiger partial charge < -0.3 is 0 Å². The Morgan fingerprint density at radius 2 is 2.56 bits per heavy atom. The molecule has 0 bridgehead atoms. The maximum atomic E-state index is 4.15. The SMILES string of the molecule is Cn1cc2cnsc2n1. The minimum Gasteiger partial charge on any atom is -0.274 e. The molecule has 2 heterocycles. The summed E-state index contributed by atoms with van der Waals surface area (Å²) in [6, 6.07) is 0. The second-order valence-corrected chi connectivity index (χ2v) is 2.67. The van der Waals surface area contributed by atoms with Crippen molar-refractivity contribution < 1.29 is 0 Å². The van der Waals surface area contributed by atoms with Gasteiger partial charge in [-0.25, -0.2) is 0 Å². The molecule has 2 aromatic rings. The van der Waals surface area contributed by atoms with Crippen molar-refractivity contribution in [2.24, 2.45) is 7.05 Å². The van der Waals surface area contributed by atoms with Gasteiger partial charge in [-0.1, -0.05) is 0 Å². The van der Waals surface area contributed by atoms with Crippen molar-refractivity contribution >= 4 is 21.7 Å². The Kier molecular flexibility index (Phi) is 0.843. The molecule has 2 rings (SSSR count). The highest BCUT2D eigenvalue weighted by Crippen LogP contribution is 2.13. The number of fused-ring (bicyclic) bond motifs is 1. The lowest BCUT2D eigenvalue weighted by Gasteiger charge is -1.79. The first-order valence-electron chi connectivity index (χ1n) is 2.60. The lowest BCUT2D eigenvalue weighted by molar-refractivity contribution is 0.781. The number of nitrogens with zero attached hydrogens (tertiary/aromatic N) is 3. The molecule has 4 heteroatoms. The van der Waals surface area contributed by atoms with Crippen LogP contribution in [0.3, 0.4) is 0 Å². The fraction of sp³-hybridized carbons (Fsp3) is 0.200. The van der Waals surface area contributed by atoms with E-state index in [1.165, 1.54) is 11.5 Å². The third-order valence-electron chi connectivity index (χ3n) is 1.15. The van der Waals surface area contributed by atoms with Gasteiger partial charge in [-0.2, -0.15) is 9.47 Å².